The van der Waals surface area contributed by atoms with Crippen molar-refractivity contribution in [1.29, 1.82) is 0 Å². The molecule has 0 atom stereocenters. The molecule has 1 heterocycles. The SMILES string of the molecule is Cc1c(Cl)cccc1-c1nnc(NCCOCCOS(C)(=O)=O)nc1N. The van der Waals surface area contributed by atoms with Gasteiger partial charge in [0.25, 0.3) is 10.1 Å². The first kappa shape index (κ1) is 20.3. The summed E-state index contributed by atoms with van der Waals surface area (Å²) in [5.41, 5.74) is 8.07. The van der Waals surface area contributed by atoms with Crippen molar-refractivity contribution >= 4 is 33.5 Å². The van der Waals surface area contributed by atoms with E-state index >= 15 is 0 Å². The summed E-state index contributed by atoms with van der Waals surface area (Å²) < 4.78 is 31.3. The van der Waals surface area contributed by atoms with Gasteiger partial charge in [-0.3, -0.25) is 4.18 Å². The number of hydrogen-bond donors (Lipinski definition) is 2. The van der Waals surface area contributed by atoms with Crippen LogP contribution in [0.1, 0.15) is 5.56 Å². The Labute approximate surface area is 157 Å². The second-order valence-corrected chi connectivity index (χ2v) is 7.40. The first-order chi connectivity index (χ1) is 12.3. The first-order valence-electron chi connectivity index (χ1n) is 7.69. The lowest BCUT2D eigenvalue weighted by Gasteiger charge is -2.10. The highest BCUT2D eigenvalue weighted by atomic mass is 35.5. The molecule has 3 N–H and O–H groups in total. The third kappa shape index (κ3) is 6.06. The van der Waals surface area contributed by atoms with E-state index in [4.69, 9.17) is 22.1 Å². The predicted octanol–water partition coefficient (Wildman–Crippen LogP) is 1.49. The third-order valence-electron chi connectivity index (χ3n) is 3.29. The summed E-state index contributed by atoms with van der Waals surface area (Å²) >= 11 is 6.11. The van der Waals surface area contributed by atoms with Crippen LogP contribution in [0.5, 0.6) is 0 Å². The summed E-state index contributed by atoms with van der Waals surface area (Å²) in [6.07, 6.45) is 0.984. The van der Waals surface area contributed by atoms with Crippen molar-refractivity contribution in [2.45, 2.75) is 6.92 Å². The largest absolute Gasteiger partial charge is 0.382 e. The van der Waals surface area contributed by atoms with E-state index < -0.39 is 10.1 Å². The lowest BCUT2D eigenvalue weighted by atomic mass is 10.1. The molecular weight excluding hydrogens is 382 g/mol. The maximum atomic E-state index is 10.8. The normalized spacial score (nSPS) is 11.5. The van der Waals surface area contributed by atoms with Crippen molar-refractivity contribution < 1.29 is 17.3 Å². The molecule has 1 aromatic carbocycles. The molecule has 26 heavy (non-hydrogen) atoms. The summed E-state index contributed by atoms with van der Waals surface area (Å²) in [7, 11) is -3.44. The Morgan fingerprint density at radius 1 is 1.23 bits per heavy atom. The molecule has 0 radical (unpaired) electrons. The number of ether oxygens (including phenoxy) is 1. The lowest BCUT2D eigenvalue weighted by molar-refractivity contribution is 0.110. The van der Waals surface area contributed by atoms with Gasteiger partial charge in [-0.2, -0.15) is 13.4 Å². The fourth-order valence-electron chi connectivity index (χ4n) is 2.05. The zero-order valence-electron chi connectivity index (χ0n) is 14.4. The molecule has 0 saturated heterocycles. The molecular formula is C15H20ClN5O4S. The summed E-state index contributed by atoms with van der Waals surface area (Å²) in [4.78, 5) is 4.18. The minimum absolute atomic E-state index is 0.0302. The van der Waals surface area contributed by atoms with Gasteiger partial charge >= 0.3 is 0 Å². The van der Waals surface area contributed by atoms with Crippen LogP contribution in [0.25, 0.3) is 11.3 Å². The third-order valence-corrected chi connectivity index (χ3v) is 4.30. The Morgan fingerprint density at radius 2 is 2.00 bits per heavy atom. The highest BCUT2D eigenvalue weighted by Gasteiger charge is 2.12. The minimum atomic E-state index is -3.44. The van der Waals surface area contributed by atoms with E-state index in [1.807, 2.05) is 19.1 Å². The van der Waals surface area contributed by atoms with Gasteiger partial charge in [0, 0.05) is 17.1 Å². The highest BCUT2D eigenvalue weighted by Crippen LogP contribution is 2.29. The zero-order chi connectivity index (χ0) is 19.2. The smallest absolute Gasteiger partial charge is 0.264 e. The maximum Gasteiger partial charge on any atom is 0.264 e. The number of nitrogens with zero attached hydrogens (tertiary/aromatic N) is 3. The summed E-state index contributed by atoms with van der Waals surface area (Å²) in [6.45, 7) is 2.71. The number of nitrogens with two attached hydrogens (primary N) is 1. The monoisotopic (exact) mass is 401 g/mol. The van der Waals surface area contributed by atoms with E-state index in [9.17, 15) is 8.42 Å². The van der Waals surface area contributed by atoms with Crippen molar-refractivity contribution in [3.05, 3.63) is 28.8 Å². The van der Waals surface area contributed by atoms with Crippen LogP contribution in [0.15, 0.2) is 18.2 Å². The number of nitrogen functional groups attached to an aromatic ring is 1. The molecule has 0 fully saturated rings. The van der Waals surface area contributed by atoms with Crippen LogP contribution in [-0.2, 0) is 19.0 Å². The average molecular weight is 402 g/mol. The van der Waals surface area contributed by atoms with Gasteiger partial charge in [0.2, 0.25) is 5.95 Å². The second kappa shape index (κ2) is 9.08. The molecule has 9 nitrogen and oxygen atoms in total. The Balaban J connectivity index is 1.85. The molecule has 0 bridgehead atoms. The highest BCUT2D eigenvalue weighted by molar-refractivity contribution is 7.85. The molecule has 11 heteroatoms. The molecule has 2 aromatic rings. The number of aromatic nitrogens is 3. The Bertz CT molecular complexity index is 863. The van der Waals surface area contributed by atoms with Gasteiger partial charge in [-0.05, 0) is 18.6 Å². The zero-order valence-corrected chi connectivity index (χ0v) is 16.0. The standard InChI is InChI=1S/C15H20ClN5O4S/c1-10-11(4-3-5-12(10)16)13-14(17)19-15(21-20-13)18-6-7-24-8-9-25-26(2,22)23/h3-5H,6-9H2,1-2H3,(H3,17,18,19,21). The molecule has 0 unspecified atom stereocenters. The van der Waals surface area contributed by atoms with Gasteiger partial charge in [0.05, 0.1) is 26.1 Å². The van der Waals surface area contributed by atoms with Crippen LogP contribution in [0.2, 0.25) is 5.02 Å². The van der Waals surface area contributed by atoms with Crippen LogP contribution in [-0.4, -0.2) is 56.2 Å². The number of rotatable bonds is 9. The molecule has 0 aliphatic heterocycles. The minimum Gasteiger partial charge on any atom is -0.382 e. The van der Waals surface area contributed by atoms with Gasteiger partial charge < -0.3 is 15.8 Å². The van der Waals surface area contributed by atoms with Gasteiger partial charge in [-0.25, -0.2) is 0 Å². The number of hydrogen-bond acceptors (Lipinski definition) is 9. The van der Waals surface area contributed by atoms with Crippen LogP contribution in [0.3, 0.4) is 0 Å². The van der Waals surface area contributed by atoms with Crippen LogP contribution in [0, 0.1) is 6.92 Å². The van der Waals surface area contributed by atoms with E-state index in [2.05, 4.69) is 24.7 Å². The lowest BCUT2D eigenvalue weighted by Crippen LogP contribution is -2.16. The quantitative estimate of drug-likeness (QED) is 0.474. The molecule has 2 rings (SSSR count). The molecule has 1 aromatic heterocycles. The summed E-state index contributed by atoms with van der Waals surface area (Å²) in [5.74, 6) is 0.497. The molecule has 0 aliphatic rings. The first-order valence-corrected chi connectivity index (χ1v) is 9.89. The predicted molar refractivity (Wildman–Crippen MR) is 99.5 cm³/mol. The van der Waals surface area contributed by atoms with Crippen LogP contribution in [0.4, 0.5) is 11.8 Å². The van der Waals surface area contributed by atoms with E-state index in [-0.39, 0.29) is 25.0 Å². The molecule has 0 aliphatic carbocycles. The number of nitrogens with one attached hydrogen (secondary N) is 1. The topological polar surface area (TPSA) is 129 Å². The van der Waals surface area contributed by atoms with Gasteiger partial charge in [-0.1, -0.05) is 23.7 Å². The fraction of sp³-hybridized carbons (Fsp3) is 0.400. The summed E-state index contributed by atoms with van der Waals surface area (Å²) in [5, 5.41) is 11.7. The van der Waals surface area contributed by atoms with E-state index in [0.29, 0.717) is 23.9 Å². The van der Waals surface area contributed by atoms with Gasteiger partial charge in [0.15, 0.2) is 5.82 Å². The number of halogens is 1. The van der Waals surface area contributed by atoms with Crippen LogP contribution < -0.4 is 11.1 Å². The number of anilines is 2. The number of benzene rings is 1. The van der Waals surface area contributed by atoms with Gasteiger partial charge in [0.1, 0.15) is 5.69 Å². The van der Waals surface area contributed by atoms with Crippen molar-refractivity contribution in [3.63, 3.8) is 0 Å². The Morgan fingerprint density at radius 3 is 2.69 bits per heavy atom. The van der Waals surface area contributed by atoms with E-state index in [1.54, 1.807) is 6.07 Å². The van der Waals surface area contributed by atoms with E-state index in [1.165, 1.54) is 0 Å². The molecule has 0 saturated carbocycles. The van der Waals surface area contributed by atoms with Crippen molar-refractivity contribution in [2.24, 2.45) is 0 Å². The van der Waals surface area contributed by atoms with Crippen molar-refractivity contribution in [3.8, 4) is 11.3 Å². The van der Waals surface area contributed by atoms with Crippen LogP contribution >= 0.6 is 11.6 Å². The molecule has 0 amide bonds. The van der Waals surface area contributed by atoms with Gasteiger partial charge in [-0.15, -0.1) is 10.2 Å². The summed E-state index contributed by atoms with van der Waals surface area (Å²) in [6, 6.07) is 5.44. The Hall–Kier alpha value is -2.01. The fourth-order valence-corrected chi connectivity index (χ4v) is 2.60. The maximum absolute atomic E-state index is 10.8. The average Bonchev–Trinajstić information content (AvgIpc) is 2.56. The van der Waals surface area contributed by atoms with E-state index in [0.717, 1.165) is 17.4 Å². The molecule has 142 valence electrons. The van der Waals surface area contributed by atoms with Crippen molar-refractivity contribution in [2.75, 3.05) is 43.7 Å². The van der Waals surface area contributed by atoms with Crippen molar-refractivity contribution in [1.82, 2.24) is 15.2 Å². The molecule has 0 spiro atoms. The second-order valence-electron chi connectivity index (χ2n) is 5.35. The Kier molecular flexibility index (Phi) is 7.09.